The van der Waals surface area contributed by atoms with E-state index in [4.69, 9.17) is 4.74 Å². The molecule has 0 N–H and O–H groups in total. The third-order valence-electron chi connectivity index (χ3n) is 2.42. The van der Waals surface area contributed by atoms with E-state index in [2.05, 4.69) is 20.9 Å². The smallest absolute Gasteiger partial charge is 0.270 e. The third kappa shape index (κ3) is 3.51. The van der Waals surface area contributed by atoms with Crippen LogP contribution in [0.1, 0.15) is 16.3 Å². The molecule has 1 aromatic heterocycles. The number of benzene rings is 1. The summed E-state index contributed by atoms with van der Waals surface area (Å²) >= 11 is 4.84. The number of aryl methyl sites for hydroxylation is 1. The van der Waals surface area contributed by atoms with Crippen LogP contribution in [0.15, 0.2) is 23.6 Å². The van der Waals surface area contributed by atoms with Gasteiger partial charge in [0.2, 0.25) is 0 Å². The first-order valence-corrected chi connectivity index (χ1v) is 7.47. The molecule has 0 saturated carbocycles. The lowest BCUT2D eigenvalue weighted by Crippen LogP contribution is -1.98. The Labute approximate surface area is 122 Å². The SMILES string of the molecule is Cc1csc(COc2ccc([N+](=O)[O-])cc2CBr)n1. The van der Waals surface area contributed by atoms with Crippen LogP contribution in [0.2, 0.25) is 0 Å². The highest BCUT2D eigenvalue weighted by atomic mass is 79.9. The number of nitro benzene ring substituents is 1. The lowest BCUT2D eigenvalue weighted by atomic mass is 10.2. The van der Waals surface area contributed by atoms with Gasteiger partial charge in [-0.05, 0) is 13.0 Å². The zero-order chi connectivity index (χ0) is 13.8. The van der Waals surface area contributed by atoms with Crippen molar-refractivity contribution in [2.45, 2.75) is 18.9 Å². The van der Waals surface area contributed by atoms with Crippen LogP contribution in [0, 0.1) is 17.0 Å². The minimum atomic E-state index is -0.417. The fourth-order valence-corrected chi connectivity index (χ4v) is 2.65. The predicted molar refractivity (Wildman–Crippen MR) is 76.9 cm³/mol. The van der Waals surface area contributed by atoms with E-state index >= 15 is 0 Å². The molecule has 0 fully saturated rings. The Morgan fingerprint density at radius 2 is 2.32 bits per heavy atom. The first-order chi connectivity index (χ1) is 9.10. The Kier molecular flexibility index (Phi) is 4.49. The second kappa shape index (κ2) is 6.12. The van der Waals surface area contributed by atoms with Gasteiger partial charge in [-0.25, -0.2) is 4.98 Å². The van der Waals surface area contributed by atoms with Gasteiger partial charge in [0.15, 0.2) is 0 Å². The average Bonchev–Trinajstić information content (AvgIpc) is 2.81. The van der Waals surface area contributed by atoms with Gasteiger partial charge in [0.1, 0.15) is 17.4 Å². The van der Waals surface area contributed by atoms with Crippen molar-refractivity contribution in [2.75, 3.05) is 0 Å². The van der Waals surface area contributed by atoms with Crippen LogP contribution in [-0.4, -0.2) is 9.91 Å². The van der Waals surface area contributed by atoms with Crippen molar-refractivity contribution in [1.29, 1.82) is 0 Å². The van der Waals surface area contributed by atoms with E-state index in [1.807, 2.05) is 12.3 Å². The number of rotatable bonds is 5. The predicted octanol–water partition coefficient (Wildman–Crippen LogP) is 3.83. The van der Waals surface area contributed by atoms with Crippen LogP contribution in [-0.2, 0) is 11.9 Å². The molecule has 19 heavy (non-hydrogen) atoms. The van der Waals surface area contributed by atoms with E-state index in [1.165, 1.54) is 23.5 Å². The fourth-order valence-electron chi connectivity index (χ4n) is 1.53. The van der Waals surface area contributed by atoms with Gasteiger partial charge in [0.05, 0.1) is 4.92 Å². The van der Waals surface area contributed by atoms with Crippen LogP contribution in [0.25, 0.3) is 0 Å². The fraction of sp³-hybridized carbons (Fsp3) is 0.250. The second-order valence-corrected chi connectivity index (χ2v) is 5.36. The highest BCUT2D eigenvalue weighted by Gasteiger charge is 2.11. The Morgan fingerprint density at radius 3 is 2.89 bits per heavy atom. The summed E-state index contributed by atoms with van der Waals surface area (Å²) in [6.07, 6.45) is 0. The van der Waals surface area contributed by atoms with Crippen LogP contribution >= 0.6 is 27.3 Å². The summed E-state index contributed by atoms with van der Waals surface area (Å²) in [5.74, 6) is 0.635. The van der Waals surface area contributed by atoms with Crippen LogP contribution in [0.3, 0.4) is 0 Å². The molecule has 5 nitrogen and oxygen atoms in total. The highest BCUT2D eigenvalue weighted by molar-refractivity contribution is 9.08. The number of nitrogens with zero attached hydrogens (tertiary/aromatic N) is 2. The van der Waals surface area contributed by atoms with E-state index < -0.39 is 4.92 Å². The molecule has 0 radical (unpaired) electrons. The summed E-state index contributed by atoms with van der Waals surface area (Å²) in [4.78, 5) is 14.6. The standard InChI is InChI=1S/C12H11BrN2O3S/c1-8-7-19-12(14-8)6-18-11-3-2-10(15(16)17)4-9(11)5-13/h2-4,7H,5-6H2,1H3. The van der Waals surface area contributed by atoms with Crippen molar-refractivity contribution in [3.8, 4) is 5.75 Å². The molecule has 0 amide bonds. The number of thiazole rings is 1. The monoisotopic (exact) mass is 342 g/mol. The van der Waals surface area contributed by atoms with Crippen molar-refractivity contribution in [3.05, 3.63) is 50.0 Å². The maximum atomic E-state index is 10.7. The average molecular weight is 343 g/mol. The number of halogens is 1. The first kappa shape index (κ1) is 14.0. The van der Waals surface area contributed by atoms with Crippen LogP contribution in [0.5, 0.6) is 5.75 Å². The first-order valence-electron chi connectivity index (χ1n) is 5.47. The molecule has 0 saturated heterocycles. The van der Waals surface area contributed by atoms with E-state index in [0.717, 1.165) is 16.3 Å². The molecule has 2 aromatic rings. The molecule has 0 aliphatic carbocycles. The second-order valence-electron chi connectivity index (χ2n) is 3.85. The summed E-state index contributed by atoms with van der Waals surface area (Å²) in [5.41, 5.74) is 1.78. The molecule has 0 unspecified atom stereocenters. The minimum absolute atomic E-state index is 0.0619. The molecular formula is C12H11BrN2O3S. The van der Waals surface area contributed by atoms with E-state index in [-0.39, 0.29) is 5.69 Å². The molecule has 1 heterocycles. The molecule has 1 aromatic carbocycles. The number of nitro groups is 1. The largest absolute Gasteiger partial charge is 0.486 e. The number of non-ortho nitro benzene ring substituents is 1. The summed E-state index contributed by atoms with van der Waals surface area (Å²) in [6.45, 7) is 2.30. The van der Waals surface area contributed by atoms with E-state index in [0.29, 0.717) is 17.7 Å². The Hall–Kier alpha value is -1.47. The van der Waals surface area contributed by atoms with E-state index in [1.54, 1.807) is 6.07 Å². The Bertz CT molecular complexity index is 600. The molecule has 0 atom stereocenters. The van der Waals surface area contributed by atoms with Crippen molar-refractivity contribution in [3.63, 3.8) is 0 Å². The van der Waals surface area contributed by atoms with Gasteiger partial charge in [0.25, 0.3) is 5.69 Å². The lowest BCUT2D eigenvalue weighted by molar-refractivity contribution is -0.384. The topological polar surface area (TPSA) is 65.3 Å². The molecule has 0 spiro atoms. The molecule has 0 aliphatic heterocycles. The van der Waals surface area contributed by atoms with E-state index in [9.17, 15) is 10.1 Å². The maximum absolute atomic E-state index is 10.7. The number of aromatic nitrogens is 1. The zero-order valence-electron chi connectivity index (χ0n) is 10.1. The number of hydrogen-bond donors (Lipinski definition) is 0. The summed E-state index contributed by atoms with van der Waals surface area (Å²) in [5, 5.41) is 14.0. The van der Waals surface area contributed by atoms with Gasteiger partial charge >= 0.3 is 0 Å². The van der Waals surface area contributed by atoms with Crippen molar-refractivity contribution >= 4 is 33.0 Å². The van der Waals surface area contributed by atoms with Crippen molar-refractivity contribution < 1.29 is 9.66 Å². The van der Waals surface area contributed by atoms with Gasteiger partial charge in [-0.2, -0.15) is 0 Å². The minimum Gasteiger partial charge on any atom is -0.486 e. The highest BCUT2D eigenvalue weighted by Crippen LogP contribution is 2.27. The number of hydrogen-bond acceptors (Lipinski definition) is 5. The molecule has 0 bridgehead atoms. The zero-order valence-corrected chi connectivity index (χ0v) is 12.5. The summed E-state index contributed by atoms with van der Waals surface area (Å²) < 4.78 is 5.66. The number of ether oxygens (including phenoxy) is 1. The normalized spacial score (nSPS) is 10.4. The molecule has 100 valence electrons. The van der Waals surface area contributed by atoms with Gasteiger partial charge in [-0.1, -0.05) is 15.9 Å². The van der Waals surface area contributed by atoms with Crippen LogP contribution in [0.4, 0.5) is 5.69 Å². The van der Waals surface area contributed by atoms with Gasteiger partial charge in [-0.15, -0.1) is 11.3 Å². The van der Waals surface area contributed by atoms with Gasteiger partial charge < -0.3 is 4.74 Å². The van der Waals surface area contributed by atoms with Crippen molar-refractivity contribution in [2.24, 2.45) is 0 Å². The Morgan fingerprint density at radius 1 is 1.53 bits per heavy atom. The van der Waals surface area contributed by atoms with Crippen LogP contribution < -0.4 is 4.74 Å². The molecular weight excluding hydrogens is 332 g/mol. The molecule has 7 heteroatoms. The third-order valence-corrected chi connectivity index (χ3v) is 3.96. The van der Waals surface area contributed by atoms with Crippen molar-refractivity contribution in [1.82, 2.24) is 4.98 Å². The summed E-state index contributed by atoms with van der Waals surface area (Å²) in [7, 11) is 0. The number of alkyl halides is 1. The Balaban J connectivity index is 2.13. The maximum Gasteiger partial charge on any atom is 0.270 e. The van der Waals surface area contributed by atoms with Gasteiger partial charge in [0, 0.05) is 34.1 Å². The quantitative estimate of drug-likeness (QED) is 0.470. The lowest BCUT2D eigenvalue weighted by Gasteiger charge is -2.08. The van der Waals surface area contributed by atoms with Gasteiger partial charge in [-0.3, -0.25) is 10.1 Å². The summed E-state index contributed by atoms with van der Waals surface area (Å²) in [6, 6.07) is 4.57. The molecule has 2 rings (SSSR count). The molecule has 0 aliphatic rings.